The second kappa shape index (κ2) is 4.37. The third-order valence-electron chi connectivity index (χ3n) is 1.58. The molecule has 1 aromatic heterocycles. The standard InChI is InChI=1S/C9H14N2OS/c1-4-10-8(12)7-5-11-9(13-7)6(2)3/h5-6H,4H2,1-3H3,(H,10,12). The van der Waals surface area contributed by atoms with Crippen LogP contribution in [0.25, 0.3) is 0 Å². The summed E-state index contributed by atoms with van der Waals surface area (Å²) in [4.78, 5) is 16.2. The molecule has 0 spiro atoms. The van der Waals surface area contributed by atoms with Crippen molar-refractivity contribution >= 4 is 17.2 Å². The Hall–Kier alpha value is -0.900. The van der Waals surface area contributed by atoms with Crippen LogP contribution in [0, 0.1) is 0 Å². The molecule has 4 heteroatoms. The normalized spacial score (nSPS) is 10.5. The third-order valence-corrected chi connectivity index (χ3v) is 2.88. The molecule has 0 aromatic carbocycles. The van der Waals surface area contributed by atoms with Crippen LogP contribution in [-0.2, 0) is 0 Å². The van der Waals surface area contributed by atoms with E-state index in [0.29, 0.717) is 17.3 Å². The second-order valence-electron chi connectivity index (χ2n) is 3.08. The van der Waals surface area contributed by atoms with E-state index in [9.17, 15) is 4.79 Å². The summed E-state index contributed by atoms with van der Waals surface area (Å²) >= 11 is 1.47. The lowest BCUT2D eigenvalue weighted by Crippen LogP contribution is -2.21. The van der Waals surface area contributed by atoms with Gasteiger partial charge in [-0.2, -0.15) is 0 Å². The van der Waals surface area contributed by atoms with Gasteiger partial charge in [-0.25, -0.2) is 4.98 Å². The first-order chi connectivity index (χ1) is 6.15. The molecular weight excluding hydrogens is 184 g/mol. The zero-order valence-electron chi connectivity index (χ0n) is 8.13. The van der Waals surface area contributed by atoms with Crippen LogP contribution >= 0.6 is 11.3 Å². The Morgan fingerprint density at radius 2 is 2.38 bits per heavy atom. The number of aromatic nitrogens is 1. The molecular formula is C9H14N2OS. The Labute approximate surface area is 82.2 Å². The van der Waals surface area contributed by atoms with Gasteiger partial charge in [0, 0.05) is 12.5 Å². The quantitative estimate of drug-likeness (QED) is 0.807. The molecule has 13 heavy (non-hydrogen) atoms. The zero-order chi connectivity index (χ0) is 9.84. The lowest BCUT2D eigenvalue weighted by atomic mass is 10.2. The smallest absolute Gasteiger partial charge is 0.262 e. The molecule has 0 atom stereocenters. The highest BCUT2D eigenvalue weighted by atomic mass is 32.1. The van der Waals surface area contributed by atoms with Gasteiger partial charge in [-0.1, -0.05) is 13.8 Å². The van der Waals surface area contributed by atoms with Crippen molar-refractivity contribution < 1.29 is 4.79 Å². The maximum Gasteiger partial charge on any atom is 0.262 e. The molecule has 0 fully saturated rings. The molecule has 0 aliphatic rings. The highest BCUT2D eigenvalue weighted by molar-refractivity contribution is 7.13. The van der Waals surface area contributed by atoms with Crippen molar-refractivity contribution in [3.05, 3.63) is 16.1 Å². The summed E-state index contributed by atoms with van der Waals surface area (Å²) in [5, 5.41) is 3.76. The minimum Gasteiger partial charge on any atom is -0.352 e. The van der Waals surface area contributed by atoms with Crippen molar-refractivity contribution in [1.29, 1.82) is 0 Å². The minimum absolute atomic E-state index is 0.0214. The van der Waals surface area contributed by atoms with E-state index in [2.05, 4.69) is 24.1 Å². The van der Waals surface area contributed by atoms with E-state index < -0.39 is 0 Å². The van der Waals surface area contributed by atoms with Crippen LogP contribution in [0.4, 0.5) is 0 Å². The summed E-state index contributed by atoms with van der Waals surface area (Å²) in [6.07, 6.45) is 1.64. The van der Waals surface area contributed by atoms with Crippen molar-refractivity contribution in [3.63, 3.8) is 0 Å². The number of nitrogens with zero attached hydrogens (tertiary/aromatic N) is 1. The van der Waals surface area contributed by atoms with Gasteiger partial charge < -0.3 is 5.32 Å². The van der Waals surface area contributed by atoms with Crippen LogP contribution in [-0.4, -0.2) is 17.4 Å². The summed E-state index contributed by atoms with van der Waals surface area (Å²) in [6, 6.07) is 0. The van der Waals surface area contributed by atoms with Gasteiger partial charge in [-0.3, -0.25) is 4.79 Å². The van der Waals surface area contributed by atoms with Gasteiger partial charge >= 0.3 is 0 Å². The van der Waals surface area contributed by atoms with Crippen LogP contribution in [0.2, 0.25) is 0 Å². The fourth-order valence-corrected chi connectivity index (χ4v) is 1.74. The zero-order valence-corrected chi connectivity index (χ0v) is 8.94. The SMILES string of the molecule is CCNC(=O)c1cnc(C(C)C)s1. The van der Waals surface area contributed by atoms with E-state index in [0.717, 1.165) is 5.01 Å². The average Bonchev–Trinajstić information content (AvgIpc) is 2.52. The van der Waals surface area contributed by atoms with Gasteiger partial charge in [0.05, 0.1) is 11.2 Å². The molecule has 0 saturated carbocycles. The van der Waals surface area contributed by atoms with E-state index in [1.165, 1.54) is 11.3 Å². The number of hydrogen-bond donors (Lipinski definition) is 1. The largest absolute Gasteiger partial charge is 0.352 e. The third kappa shape index (κ3) is 2.52. The Morgan fingerprint density at radius 1 is 1.69 bits per heavy atom. The number of amides is 1. The Morgan fingerprint density at radius 3 is 2.85 bits per heavy atom. The second-order valence-corrected chi connectivity index (χ2v) is 4.14. The maximum absolute atomic E-state index is 11.3. The van der Waals surface area contributed by atoms with Crippen molar-refractivity contribution in [1.82, 2.24) is 10.3 Å². The molecule has 0 aliphatic heterocycles. The molecule has 0 unspecified atom stereocenters. The molecule has 0 aliphatic carbocycles. The van der Waals surface area contributed by atoms with Gasteiger partial charge in [-0.05, 0) is 6.92 Å². The van der Waals surface area contributed by atoms with Crippen LogP contribution < -0.4 is 5.32 Å². The highest BCUT2D eigenvalue weighted by Crippen LogP contribution is 2.20. The molecule has 0 radical (unpaired) electrons. The molecule has 3 nitrogen and oxygen atoms in total. The van der Waals surface area contributed by atoms with Crippen molar-refractivity contribution in [2.75, 3.05) is 6.54 Å². The van der Waals surface area contributed by atoms with Gasteiger partial charge in [0.1, 0.15) is 4.88 Å². The number of nitrogens with one attached hydrogen (secondary N) is 1. The van der Waals surface area contributed by atoms with Crippen LogP contribution in [0.5, 0.6) is 0 Å². The number of rotatable bonds is 3. The Balaban J connectivity index is 2.73. The van der Waals surface area contributed by atoms with Gasteiger partial charge in [0.25, 0.3) is 5.91 Å². The first-order valence-corrected chi connectivity index (χ1v) is 5.20. The monoisotopic (exact) mass is 198 g/mol. The predicted octanol–water partition coefficient (Wildman–Crippen LogP) is 2.02. The molecule has 1 N–H and O–H groups in total. The lowest BCUT2D eigenvalue weighted by Gasteiger charge is -1.97. The number of hydrogen-bond acceptors (Lipinski definition) is 3. The van der Waals surface area contributed by atoms with E-state index in [4.69, 9.17) is 0 Å². The molecule has 0 saturated heterocycles. The van der Waals surface area contributed by atoms with Crippen LogP contribution in [0.1, 0.15) is 41.4 Å². The molecule has 0 bridgehead atoms. The fourth-order valence-electron chi connectivity index (χ4n) is 0.907. The van der Waals surface area contributed by atoms with E-state index in [1.54, 1.807) is 6.20 Å². The van der Waals surface area contributed by atoms with Gasteiger partial charge in [-0.15, -0.1) is 11.3 Å². The van der Waals surface area contributed by atoms with E-state index in [-0.39, 0.29) is 5.91 Å². The van der Waals surface area contributed by atoms with E-state index >= 15 is 0 Å². The summed E-state index contributed by atoms with van der Waals surface area (Å²) in [5.41, 5.74) is 0. The lowest BCUT2D eigenvalue weighted by molar-refractivity contribution is 0.0959. The van der Waals surface area contributed by atoms with Crippen molar-refractivity contribution in [3.8, 4) is 0 Å². The predicted molar refractivity (Wildman–Crippen MR) is 54.2 cm³/mol. The van der Waals surface area contributed by atoms with Gasteiger partial charge in [0.15, 0.2) is 0 Å². The van der Waals surface area contributed by atoms with Gasteiger partial charge in [0.2, 0.25) is 0 Å². The molecule has 1 rings (SSSR count). The van der Waals surface area contributed by atoms with Crippen molar-refractivity contribution in [2.45, 2.75) is 26.7 Å². The fraction of sp³-hybridized carbons (Fsp3) is 0.556. The summed E-state index contributed by atoms with van der Waals surface area (Å²) in [5.74, 6) is 0.375. The summed E-state index contributed by atoms with van der Waals surface area (Å²) in [6.45, 7) is 6.71. The number of carbonyl (C=O) groups excluding carboxylic acids is 1. The highest BCUT2D eigenvalue weighted by Gasteiger charge is 2.10. The van der Waals surface area contributed by atoms with Crippen molar-refractivity contribution in [2.24, 2.45) is 0 Å². The number of thiazole rings is 1. The molecule has 1 amide bonds. The molecule has 72 valence electrons. The summed E-state index contributed by atoms with van der Waals surface area (Å²) < 4.78 is 0. The molecule has 1 heterocycles. The Kier molecular flexibility index (Phi) is 3.42. The van der Waals surface area contributed by atoms with E-state index in [1.807, 2.05) is 6.92 Å². The summed E-state index contributed by atoms with van der Waals surface area (Å²) in [7, 11) is 0. The maximum atomic E-state index is 11.3. The van der Waals surface area contributed by atoms with Crippen LogP contribution in [0.15, 0.2) is 6.20 Å². The average molecular weight is 198 g/mol. The molecule has 1 aromatic rings. The Bertz CT molecular complexity index is 294. The first-order valence-electron chi connectivity index (χ1n) is 4.39. The topological polar surface area (TPSA) is 42.0 Å². The van der Waals surface area contributed by atoms with Crippen LogP contribution in [0.3, 0.4) is 0 Å². The minimum atomic E-state index is -0.0214. The number of carbonyl (C=O) groups is 1. The first kappa shape index (κ1) is 10.2.